The van der Waals surface area contributed by atoms with E-state index in [4.69, 9.17) is 4.74 Å². The molecule has 0 aromatic carbocycles. The molecule has 0 bridgehead atoms. The van der Waals surface area contributed by atoms with Crippen molar-refractivity contribution < 1.29 is 9.53 Å². The molecular weight excluding hydrogens is 192 g/mol. The second-order valence-electron chi connectivity index (χ2n) is 4.61. The Morgan fingerprint density at radius 1 is 1.47 bits per heavy atom. The lowest BCUT2D eigenvalue weighted by atomic mass is 10.1. The third-order valence-corrected chi connectivity index (χ3v) is 2.79. The molecule has 1 rings (SSSR count). The number of ether oxygens (including phenoxy) is 1. The Balaban J connectivity index is 1.89. The van der Waals surface area contributed by atoms with Crippen LogP contribution in [0.4, 0.5) is 0 Å². The van der Waals surface area contributed by atoms with Crippen LogP contribution < -0.4 is 10.6 Å². The molecular formula is C11H22N2O2. The highest BCUT2D eigenvalue weighted by molar-refractivity contribution is 5.77. The number of hydrogen-bond donors (Lipinski definition) is 2. The van der Waals surface area contributed by atoms with E-state index in [1.165, 1.54) is 12.8 Å². The maximum atomic E-state index is 11.3. The van der Waals surface area contributed by atoms with Gasteiger partial charge in [0.1, 0.15) is 0 Å². The lowest BCUT2D eigenvalue weighted by Gasteiger charge is -2.10. The summed E-state index contributed by atoms with van der Waals surface area (Å²) >= 11 is 0. The highest BCUT2D eigenvalue weighted by atomic mass is 16.5. The summed E-state index contributed by atoms with van der Waals surface area (Å²) in [5.74, 6) is 0.0790. The third kappa shape index (κ3) is 5.74. The average Bonchev–Trinajstić information content (AvgIpc) is 2.92. The van der Waals surface area contributed by atoms with Gasteiger partial charge < -0.3 is 15.4 Å². The first-order valence-electron chi connectivity index (χ1n) is 5.63. The molecule has 0 radical (unpaired) electrons. The summed E-state index contributed by atoms with van der Waals surface area (Å²) in [7, 11) is 1.67. The van der Waals surface area contributed by atoms with Gasteiger partial charge in [-0.1, -0.05) is 6.92 Å². The Morgan fingerprint density at radius 3 is 2.80 bits per heavy atom. The van der Waals surface area contributed by atoms with Crippen molar-refractivity contribution in [3.8, 4) is 0 Å². The van der Waals surface area contributed by atoms with Gasteiger partial charge in [-0.15, -0.1) is 0 Å². The summed E-state index contributed by atoms with van der Waals surface area (Å²) < 4.78 is 4.89. The summed E-state index contributed by atoms with van der Waals surface area (Å²) in [6, 6.07) is 0. The highest BCUT2D eigenvalue weighted by Gasteiger charge is 2.36. The minimum Gasteiger partial charge on any atom is -0.385 e. The number of methoxy groups -OCH3 is 1. The molecule has 1 saturated carbocycles. The Labute approximate surface area is 91.8 Å². The zero-order valence-electron chi connectivity index (χ0n) is 9.77. The standard InChI is InChI=1S/C11H22N2O2/c1-11(4-5-11)9-12-8-10(14)13-6-3-7-15-2/h12H,3-9H2,1-2H3,(H,13,14). The predicted octanol–water partition coefficient (Wildman–Crippen LogP) is 0.529. The smallest absolute Gasteiger partial charge is 0.233 e. The van der Waals surface area contributed by atoms with Crippen LogP contribution in [-0.4, -0.2) is 39.3 Å². The molecule has 0 heterocycles. The number of amides is 1. The van der Waals surface area contributed by atoms with E-state index in [1.807, 2.05) is 0 Å². The van der Waals surface area contributed by atoms with Crippen LogP contribution in [-0.2, 0) is 9.53 Å². The molecule has 0 unspecified atom stereocenters. The zero-order valence-corrected chi connectivity index (χ0v) is 9.77. The van der Waals surface area contributed by atoms with Crippen molar-refractivity contribution in [2.45, 2.75) is 26.2 Å². The summed E-state index contributed by atoms with van der Waals surface area (Å²) in [4.78, 5) is 11.3. The molecule has 0 aliphatic heterocycles. The fraction of sp³-hybridized carbons (Fsp3) is 0.909. The molecule has 1 aliphatic rings. The Hall–Kier alpha value is -0.610. The molecule has 0 aromatic rings. The SMILES string of the molecule is COCCCNC(=O)CNCC1(C)CC1. The van der Waals surface area contributed by atoms with Gasteiger partial charge in [-0.3, -0.25) is 4.79 Å². The van der Waals surface area contributed by atoms with Gasteiger partial charge in [0.05, 0.1) is 6.54 Å². The van der Waals surface area contributed by atoms with Crippen molar-refractivity contribution in [1.82, 2.24) is 10.6 Å². The van der Waals surface area contributed by atoms with Gasteiger partial charge in [0.25, 0.3) is 0 Å². The molecule has 1 amide bonds. The first-order chi connectivity index (χ1) is 7.16. The molecule has 4 heteroatoms. The molecule has 4 nitrogen and oxygen atoms in total. The van der Waals surface area contributed by atoms with Crippen molar-refractivity contribution in [2.75, 3.05) is 33.4 Å². The van der Waals surface area contributed by atoms with E-state index in [1.54, 1.807) is 7.11 Å². The molecule has 88 valence electrons. The lowest BCUT2D eigenvalue weighted by Crippen LogP contribution is -2.36. The van der Waals surface area contributed by atoms with Crippen LogP contribution in [0.25, 0.3) is 0 Å². The van der Waals surface area contributed by atoms with Gasteiger partial charge in [-0.05, 0) is 24.7 Å². The molecule has 0 saturated heterocycles. The maximum Gasteiger partial charge on any atom is 0.233 e. The van der Waals surface area contributed by atoms with Gasteiger partial charge in [0.15, 0.2) is 0 Å². The topological polar surface area (TPSA) is 50.4 Å². The summed E-state index contributed by atoms with van der Waals surface area (Å²) in [6.07, 6.45) is 3.45. The van der Waals surface area contributed by atoms with E-state index in [9.17, 15) is 4.79 Å². The summed E-state index contributed by atoms with van der Waals surface area (Å²) in [6.45, 7) is 5.04. The second kappa shape index (κ2) is 6.08. The van der Waals surface area contributed by atoms with Crippen molar-refractivity contribution in [2.24, 2.45) is 5.41 Å². The van der Waals surface area contributed by atoms with Crippen molar-refractivity contribution >= 4 is 5.91 Å². The normalized spacial score (nSPS) is 17.5. The molecule has 1 fully saturated rings. The lowest BCUT2D eigenvalue weighted by molar-refractivity contribution is -0.120. The van der Waals surface area contributed by atoms with Gasteiger partial charge in [-0.2, -0.15) is 0 Å². The fourth-order valence-corrected chi connectivity index (χ4v) is 1.37. The van der Waals surface area contributed by atoms with E-state index in [-0.39, 0.29) is 5.91 Å². The van der Waals surface area contributed by atoms with Crippen LogP contribution in [0.3, 0.4) is 0 Å². The second-order valence-corrected chi connectivity index (χ2v) is 4.61. The minimum atomic E-state index is 0.0790. The molecule has 0 atom stereocenters. The van der Waals surface area contributed by atoms with E-state index in [0.29, 0.717) is 25.1 Å². The van der Waals surface area contributed by atoms with Crippen LogP contribution in [0.2, 0.25) is 0 Å². The number of carbonyl (C=O) groups is 1. The van der Waals surface area contributed by atoms with Crippen LogP contribution >= 0.6 is 0 Å². The number of nitrogens with one attached hydrogen (secondary N) is 2. The van der Waals surface area contributed by atoms with Gasteiger partial charge in [0.2, 0.25) is 5.91 Å². The Bertz CT molecular complexity index is 203. The van der Waals surface area contributed by atoms with Gasteiger partial charge in [0, 0.05) is 26.8 Å². The summed E-state index contributed by atoms with van der Waals surface area (Å²) in [5, 5.41) is 6.03. The third-order valence-electron chi connectivity index (χ3n) is 2.79. The average molecular weight is 214 g/mol. The van der Waals surface area contributed by atoms with Crippen LogP contribution in [0.5, 0.6) is 0 Å². The van der Waals surface area contributed by atoms with Crippen LogP contribution in [0.1, 0.15) is 26.2 Å². The first kappa shape index (κ1) is 12.5. The minimum absolute atomic E-state index is 0.0790. The van der Waals surface area contributed by atoms with E-state index < -0.39 is 0 Å². The molecule has 15 heavy (non-hydrogen) atoms. The maximum absolute atomic E-state index is 11.3. The van der Waals surface area contributed by atoms with Crippen LogP contribution in [0, 0.1) is 5.41 Å². The van der Waals surface area contributed by atoms with Gasteiger partial charge in [-0.25, -0.2) is 0 Å². The molecule has 2 N–H and O–H groups in total. The summed E-state index contributed by atoms with van der Waals surface area (Å²) in [5.41, 5.74) is 0.469. The first-order valence-corrected chi connectivity index (χ1v) is 5.63. The highest BCUT2D eigenvalue weighted by Crippen LogP contribution is 2.43. The molecule has 1 aliphatic carbocycles. The van der Waals surface area contributed by atoms with Gasteiger partial charge >= 0.3 is 0 Å². The van der Waals surface area contributed by atoms with Crippen molar-refractivity contribution in [3.05, 3.63) is 0 Å². The quantitative estimate of drug-likeness (QED) is 0.579. The zero-order chi connectivity index (χ0) is 11.1. The van der Waals surface area contributed by atoms with E-state index in [0.717, 1.165) is 13.0 Å². The number of rotatable bonds is 8. The van der Waals surface area contributed by atoms with Crippen molar-refractivity contribution in [3.63, 3.8) is 0 Å². The predicted molar refractivity (Wildman–Crippen MR) is 59.7 cm³/mol. The largest absolute Gasteiger partial charge is 0.385 e. The van der Waals surface area contributed by atoms with E-state index >= 15 is 0 Å². The number of carbonyl (C=O) groups excluding carboxylic acids is 1. The number of hydrogen-bond acceptors (Lipinski definition) is 3. The van der Waals surface area contributed by atoms with Crippen LogP contribution in [0.15, 0.2) is 0 Å². The Morgan fingerprint density at radius 2 is 2.20 bits per heavy atom. The monoisotopic (exact) mass is 214 g/mol. The van der Waals surface area contributed by atoms with Crippen molar-refractivity contribution in [1.29, 1.82) is 0 Å². The Kier molecular flexibility index (Phi) is 5.05. The van der Waals surface area contributed by atoms with E-state index in [2.05, 4.69) is 17.6 Å². The fourth-order valence-electron chi connectivity index (χ4n) is 1.37. The molecule has 0 spiro atoms. The molecule has 0 aromatic heterocycles.